The van der Waals surface area contributed by atoms with Gasteiger partial charge in [-0.1, -0.05) is 12.1 Å². The average molecular weight is 253 g/mol. The highest BCUT2D eigenvalue weighted by Crippen LogP contribution is 2.42. The summed E-state index contributed by atoms with van der Waals surface area (Å²) in [4.78, 5) is 8.34. The second-order valence-corrected chi connectivity index (χ2v) is 4.44. The highest BCUT2D eigenvalue weighted by atomic mass is 16.5. The number of nitrogens with zero attached hydrogens (tertiary/aromatic N) is 2. The molecule has 94 valence electrons. The van der Waals surface area contributed by atoms with Crippen molar-refractivity contribution >= 4 is 16.8 Å². The molecule has 0 fully saturated rings. The Morgan fingerprint density at radius 3 is 3.00 bits per heavy atom. The van der Waals surface area contributed by atoms with Gasteiger partial charge in [0.1, 0.15) is 23.4 Å². The third-order valence-corrected chi connectivity index (χ3v) is 3.34. The predicted molar refractivity (Wildman–Crippen MR) is 70.9 cm³/mol. The van der Waals surface area contributed by atoms with E-state index in [4.69, 9.17) is 14.9 Å². The van der Waals surface area contributed by atoms with Gasteiger partial charge in [-0.05, 0) is 12.1 Å². The molecule has 0 radical (unpaired) electrons. The summed E-state index contributed by atoms with van der Waals surface area (Å²) in [6.07, 6.45) is 2.14. The minimum Gasteiger partial charge on any atom is -0.488 e. The van der Waals surface area contributed by atoms with Crippen molar-refractivity contribution in [3.05, 3.63) is 36.2 Å². The van der Waals surface area contributed by atoms with Gasteiger partial charge in [-0.3, -0.25) is 0 Å². The van der Waals surface area contributed by atoms with E-state index < -0.39 is 0 Å². The number of nitrogen functional groups attached to an aromatic ring is 1. The van der Waals surface area contributed by atoms with Crippen molar-refractivity contribution < 1.29 is 9.15 Å². The van der Waals surface area contributed by atoms with Gasteiger partial charge in [0.15, 0.2) is 11.5 Å². The maximum atomic E-state index is 5.91. The molecule has 0 amide bonds. The van der Waals surface area contributed by atoms with Crippen molar-refractivity contribution in [1.82, 2.24) is 9.97 Å². The molecule has 1 aliphatic heterocycles. The first-order valence-corrected chi connectivity index (χ1v) is 6.08. The number of aromatic nitrogens is 2. The van der Waals surface area contributed by atoms with Crippen LogP contribution >= 0.6 is 0 Å². The van der Waals surface area contributed by atoms with Crippen LogP contribution in [0.2, 0.25) is 0 Å². The minimum atomic E-state index is 0.488. The van der Waals surface area contributed by atoms with Gasteiger partial charge in [0.2, 0.25) is 0 Å². The molecular formula is C14H11N3O2. The lowest BCUT2D eigenvalue weighted by molar-refractivity contribution is 0.327. The third kappa shape index (κ3) is 1.41. The SMILES string of the molecule is Nc1ncnc2c1CCOc1c-2oc2ccccc12. The number of hydrogen-bond donors (Lipinski definition) is 1. The molecule has 2 aromatic heterocycles. The van der Waals surface area contributed by atoms with E-state index in [2.05, 4.69) is 9.97 Å². The first-order valence-electron chi connectivity index (χ1n) is 6.08. The Morgan fingerprint density at radius 1 is 1.16 bits per heavy atom. The fraction of sp³-hybridized carbons (Fsp3) is 0.143. The lowest BCUT2D eigenvalue weighted by Gasteiger charge is -2.04. The molecule has 2 N–H and O–H groups in total. The minimum absolute atomic E-state index is 0.488. The van der Waals surface area contributed by atoms with Crippen LogP contribution in [0, 0.1) is 0 Å². The molecule has 5 heteroatoms. The molecule has 1 aliphatic rings. The van der Waals surface area contributed by atoms with Crippen LogP contribution < -0.4 is 10.5 Å². The summed E-state index contributed by atoms with van der Waals surface area (Å²) in [6.45, 7) is 0.543. The molecule has 0 unspecified atom stereocenters. The van der Waals surface area contributed by atoms with Crippen LogP contribution in [0.3, 0.4) is 0 Å². The second kappa shape index (κ2) is 3.71. The number of para-hydroxylation sites is 1. The number of benzene rings is 1. The Labute approximate surface area is 109 Å². The van der Waals surface area contributed by atoms with Crippen molar-refractivity contribution in [2.24, 2.45) is 0 Å². The zero-order chi connectivity index (χ0) is 12.8. The molecule has 0 aliphatic carbocycles. The van der Waals surface area contributed by atoms with E-state index in [1.807, 2.05) is 24.3 Å². The van der Waals surface area contributed by atoms with Crippen LogP contribution in [0.25, 0.3) is 22.4 Å². The number of ether oxygens (including phenoxy) is 1. The van der Waals surface area contributed by atoms with E-state index in [1.165, 1.54) is 6.33 Å². The number of furan rings is 1. The van der Waals surface area contributed by atoms with Crippen LogP contribution in [0.15, 0.2) is 35.0 Å². The van der Waals surface area contributed by atoms with Crippen LogP contribution in [-0.4, -0.2) is 16.6 Å². The maximum Gasteiger partial charge on any atom is 0.196 e. The van der Waals surface area contributed by atoms with E-state index in [1.54, 1.807) is 0 Å². The topological polar surface area (TPSA) is 74.2 Å². The zero-order valence-electron chi connectivity index (χ0n) is 10.1. The Morgan fingerprint density at radius 2 is 2.05 bits per heavy atom. The largest absolute Gasteiger partial charge is 0.488 e. The first kappa shape index (κ1) is 10.4. The third-order valence-electron chi connectivity index (χ3n) is 3.34. The van der Waals surface area contributed by atoms with Gasteiger partial charge < -0.3 is 14.9 Å². The summed E-state index contributed by atoms with van der Waals surface area (Å²) >= 11 is 0. The lowest BCUT2D eigenvalue weighted by atomic mass is 10.1. The molecular weight excluding hydrogens is 242 g/mol. The standard InChI is InChI=1S/C14H11N3O2/c15-14-9-5-6-18-12-8-3-1-2-4-10(8)19-13(12)11(9)16-7-17-14/h1-4,7H,5-6H2,(H2,15,16,17). The zero-order valence-corrected chi connectivity index (χ0v) is 10.1. The lowest BCUT2D eigenvalue weighted by Crippen LogP contribution is -2.04. The molecule has 0 bridgehead atoms. The highest BCUT2D eigenvalue weighted by molar-refractivity contribution is 5.92. The number of nitrogens with two attached hydrogens (primary N) is 1. The van der Waals surface area contributed by atoms with Crippen molar-refractivity contribution in [1.29, 1.82) is 0 Å². The molecule has 19 heavy (non-hydrogen) atoms. The van der Waals surface area contributed by atoms with Crippen LogP contribution in [0.1, 0.15) is 5.56 Å². The van der Waals surface area contributed by atoms with Crippen molar-refractivity contribution in [2.75, 3.05) is 12.3 Å². The monoisotopic (exact) mass is 253 g/mol. The van der Waals surface area contributed by atoms with Gasteiger partial charge in [0.05, 0.1) is 12.0 Å². The quantitative estimate of drug-likeness (QED) is 0.666. The summed E-state index contributed by atoms with van der Waals surface area (Å²) in [5, 5.41) is 0.961. The first-order chi connectivity index (χ1) is 9.34. The van der Waals surface area contributed by atoms with E-state index in [9.17, 15) is 0 Å². The predicted octanol–water partition coefficient (Wildman–Crippen LogP) is 2.41. The molecule has 1 aromatic carbocycles. The summed E-state index contributed by atoms with van der Waals surface area (Å²) < 4.78 is 11.7. The normalized spacial score (nSPS) is 13.5. The van der Waals surface area contributed by atoms with Gasteiger partial charge in [-0.2, -0.15) is 0 Å². The number of rotatable bonds is 0. The smallest absolute Gasteiger partial charge is 0.196 e. The average Bonchev–Trinajstić information content (AvgIpc) is 2.69. The highest BCUT2D eigenvalue weighted by Gasteiger charge is 2.25. The van der Waals surface area contributed by atoms with E-state index in [0.29, 0.717) is 24.6 Å². The molecule has 5 nitrogen and oxygen atoms in total. The fourth-order valence-corrected chi connectivity index (χ4v) is 2.44. The Balaban J connectivity index is 2.09. The molecule has 4 rings (SSSR count). The Bertz CT molecular complexity index is 779. The summed E-state index contributed by atoms with van der Waals surface area (Å²) in [5.74, 6) is 1.87. The van der Waals surface area contributed by atoms with E-state index >= 15 is 0 Å². The van der Waals surface area contributed by atoms with Gasteiger partial charge in [-0.15, -0.1) is 0 Å². The summed E-state index contributed by atoms with van der Waals surface area (Å²) in [6, 6.07) is 7.78. The molecule has 0 spiro atoms. The van der Waals surface area contributed by atoms with Crippen molar-refractivity contribution in [3.8, 4) is 17.2 Å². The Kier molecular flexibility index (Phi) is 2.03. The number of fused-ring (bicyclic) bond motifs is 5. The summed E-state index contributed by atoms with van der Waals surface area (Å²) in [7, 11) is 0. The molecule has 3 heterocycles. The van der Waals surface area contributed by atoms with E-state index in [-0.39, 0.29) is 0 Å². The fourth-order valence-electron chi connectivity index (χ4n) is 2.44. The maximum absolute atomic E-state index is 5.91. The van der Waals surface area contributed by atoms with Crippen molar-refractivity contribution in [3.63, 3.8) is 0 Å². The molecule has 0 saturated heterocycles. The molecule has 0 atom stereocenters. The van der Waals surface area contributed by atoms with Crippen LogP contribution in [-0.2, 0) is 6.42 Å². The number of hydrogen-bond acceptors (Lipinski definition) is 5. The van der Waals surface area contributed by atoms with Gasteiger partial charge in [0.25, 0.3) is 0 Å². The van der Waals surface area contributed by atoms with Gasteiger partial charge in [0, 0.05) is 12.0 Å². The van der Waals surface area contributed by atoms with Gasteiger partial charge in [-0.25, -0.2) is 9.97 Å². The van der Waals surface area contributed by atoms with Gasteiger partial charge >= 0.3 is 0 Å². The Hall–Kier alpha value is -2.56. The second-order valence-electron chi connectivity index (χ2n) is 4.44. The summed E-state index contributed by atoms with van der Waals surface area (Å²) in [5.41, 5.74) is 8.32. The van der Waals surface area contributed by atoms with Crippen LogP contribution in [0.4, 0.5) is 5.82 Å². The molecule has 3 aromatic rings. The number of anilines is 1. The molecule has 0 saturated carbocycles. The van der Waals surface area contributed by atoms with E-state index in [0.717, 1.165) is 28.0 Å². The van der Waals surface area contributed by atoms with Crippen molar-refractivity contribution in [2.45, 2.75) is 6.42 Å². The van der Waals surface area contributed by atoms with Crippen LogP contribution in [0.5, 0.6) is 5.75 Å².